The van der Waals surface area contributed by atoms with Gasteiger partial charge in [0.25, 0.3) is 5.91 Å². The SMILES string of the molecule is CC(C)CC(C(=O)N1CCN(C(=O)C2CCCO2)CC1)N1C(=O)C2CC=CCC2C1=O. The summed E-state index contributed by atoms with van der Waals surface area (Å²) in [5.41, 5.74) is 0. The number of carbonyl (C=O) groups excluding carboxylic acids is 4. The Hall–Kier alpha value is -2.22. The first-order valence-corrected chi connectivity index (χ1v) is 11.6. The second-order valence-corrected chi connectivity index (χ2v) is 9.50. The smallest absolute Gasteiger partial charge is 0.251 e. The normalized spacial score (nSPS) is 29.6. The highest BCUT2D eigenvalue weighted by molar-refractivity contribution is 6.08. The van der Waals surface area contributed by atoms with E-state index in [9.17, 15) is 19.2 Å². The predicted molar refractivity (Wildman–Crippen MR) is 113 cm³/mol. The van der Waals surface area contributed by atoms with Crippen LogP contribution in [0.2, 0.25) is 0 Å². The van der Waals surface area contributed by atoms with Gasteiger partial charge in [-0.1, -0.05) is 26.0 Å². The number of rotatable bonds is 5. The van der Waals surface area contributed by atoms with Gasteiger partial charge in [0.2, 0.25) is 17.7 Å². The van der Waals surface area contributed by atoms with Crippen LogP contribution in [0.1, 0.15) is 46.0 Å². The summed E-state index contributed by atoms with van der Waals surface area (Å²) in [7, 11) is 0. The van der Waals surface area contributed by atoms with Crippen molar-refractivity contribution >= 4 is 23.6 Å². The summed E-state index contributed by atoms with van der Waals surface area (Å²) in [6, 6.07) is -0.758. The van der Waals surface area contributed by atoms with E-state index < -0.39 is 6.04 Å². The van der Waals surface area contributed by atoms with Crippen molar-refractivity contribution in [2.45, 2.75) is 58.1 Å². The van der Waals surface area contributed by atoms with E-state index in [0.717, 1.165) is 12.8 Å². The average molecular weight is 432 g/mol. The Balaban J connectivity index is 1.44. The van der Waals surface area contributed by atoms with Crippen LogP contribution in [0, 0.1) is 17.8 Å². The van der Waals surface area contributed by atoms with Crippen molar-refractivity contribution in [3.8, 4) is 0 Å². The lowest BCUT2D eigenvalue weighted by atomic mass is 9.85. The molecule has 0 aromatic rings. The van der Waals surface area contributed by atoms with E-state index in [-0.39, 0.29) is 47.5 Å². The van der Waals surface area contributed by atoms with Crippen LogP contribution in [0.3, 0.4) is 0 Å². The topological polar surface area (TPSA) is 87.2 Å². The Morgan fingerprint density at radius 2 is 1.58 bits per heavy atom. The zero-order valence-corrected chi connectivity index (χ0v) is 18.5. The molecule has 4 aliphatic rings. The molecule has 4 amide bonds. The fraction of sp³-hybridized carbons (Fsp3) is 0.739. The van der Waals surface area contributed by atoms with E-state index in [1.54, 1.807) is 9.80 Å². The largest absolute Gasteiger partial charge is 0.368 e. The number of nitrogens with zero attached hydrogens (tertiary/aromatic N) is 3. The van der Waals surface area contributed by atoms with Crippen LogP contribution >= 0.6 is 0 Å². The molecule has 3 heterocycles. The first-order chi connectivity index (χ1) is 14.9. The molecule has 4 rings (SSSR count). The quantitative estimate of drug-likeness (QED) is 0.482. The number of hydrogen-bond donors (Lipinski definition) is 0. The molecule has 0 aromatic heterocycles. The average Bonchev–Trinajstić information content (AvgIpc) is 3.39. The van der Waals surface area contributed by atoms with Gasteiger partial charge in [-0.15, -0.1) is 0 Å². The highest BCUT2D eigenvalue weighted by Crippen LogP contribution is 2.37. The molecule has 3 saturated heterocycles. The summed E-state index contributed by atoms with van der Waals surface area (Å²) in [6.07, 6.45) is 6.81. The third-order valence-electron chi connectivity index (χ3n) is 6.94. The van der Waals surface area contributed by atoms with Gasteiger partial charge >= 0.3 is 0 Å². The molecule has 0 spiro atoms. The van der Waals surface area contributed by atoms with Gasteiger partial charge in [0, 0.05) is 32.8 Å². The third kappa shape index (κ3) is 4.27. The minimum Gasteiger partial charge on any atom is -0.368 e. The van der Waals surface area contributed by atoms with E-state index in [2.05, 4.69) is 0 Å². The molecule has 0 N–H and O–H groups in total. The summed E-state index contributed by atoms with van der Waals surface area (Å²) in [5, 5.41) is 0. The number of hydrogen-bond acceptors (Lipinski definition) is 5. The van der Waals surface area contributed by atoms with Gasteiger partial charge in [-0.25, -0.2) is 0 Å². The molecular formula is C23H33N3O5. The fourth-order valence-corrected chi connectivity index (χ4v) is 5.23. The lowest BCUT2D eigenvalue weighted by Gasteiger charge is -2.38. The van der Waals surface area contributed by atoms with Gasteiger partial charge in [-0.2, -0.15) is 0 Å². The van der Waals surface area contributed by atoms with Crippen LogP contribution in [0.15, 0.2) is 12.2 Å². The third-order valence-corrected chi connectivity index (χ3v) is 6.94. The monoisotopic (exact) mass is 431 g/mol. The molecule has 4 unspecified atom stereocenters. The van der Waals surface area contributed by atoms with Crippen molar-refractivity contribution in [2.75, 3.05) is 32.8 Å². The molecule has 3 fully saturated rings. The zero-order valence-electron chi connectivity index (χ0n) is 18.5. The Kier molecular flexibility index (Phi) is 6.46. The van der Waals surface area contributed by atoms with E-state index in [1.807, 2.05) is 26.0 Å². The van der Waals surface area contributed by atoms with Crippen LogP contribution < -0.4 is 0 Å². The molecular weight excluding hydrogens is 398 g/mol. The summed E-state index contributed by atoms with van der Waals surface area (Å²) in [4.78, 5) is 57.0. The summed E-state index contributed by atoms with van der Waals surface area (Å²) >= 11 is 0. The molecule has 0 aromatic carbocycles. The summed E-state index contributed by atoms with van der Waals surface area (Å²) in [6.45, 7) is 6.36. The Bertz CT molecular complexity index is 739. The predicted octanol–water partition coefficient (Wildman–Crippen LogP) is 1.20. The molecule has 3 aliphatic heterocycles. The van der Waals surface area contributed by atoms with Gasteiger partial charge in [0.05, 0.1) is 11.8 Å². The Labute approximate surface area is 183 Å². The lowest BCUT2D eigenvalue weighted by molar-refractivity contribution is -0.154. The van der Waals surface area contributed by atoms with Gasteiger partial charge in [0.15, 0.2) is 0 Å². The number of ether oxygens (including phenoxy) is 1. The maximum atomic E-state index is 13.5. The summed E-state index contributed by atoms with van der Waals surface area (Å²) in [5.74, 6) is -1.08. The minimum absolute atomic E-state index is 0.00445. The molecule has 0 bridgehead atoms. The molecule has 8 heteroatoms. The number of imide groups is 1. The number of allylic oxidation sites excluding steroid dienone is 2. The maximum absolute atomic E-state index is 13.5. The van der Waals surface area contributed by atoms with Gasteiger partial charge in [-0.3, -0.25) is 24.1 Å². The molecule has 0 radical (unpaired) electrons. The molecule has 170 valence electrons. The first-order valence-electron chi connectivity index (χ1n) is 11.6. The first kappa shape index (κ1) is 22.0. The van der Waals surface area contributed by atoms with Gasteiger partial charge in [0.1, 0.15) is 12.1 Å². The van der Waals surface area contributed by atoms with Crippen molar-refractivity contribution in [1.82, 2.24) is 14.7 Å². The number of amides is 4. The van der Waals surface area contributed by atoms with Crippen LogP contribution in [-0.4, -0.2) is 83.3 Å². The van der Waals surface area contributed by atoms with E-state index in [4.69, 9.17) is 4.74 Å². The summed E-state index contributed by atoms with van der Waals surface area (Å²) < 4.78 is 5.50. The van der Waals surface area contributed by atoms with Crippen LogP contribution in [-0.2, 0) is 23.9 Å². The van der Waals surface area contributed by atoms with Crippen molar-refractivity contribution in [1.29, 1.82) is 0 Å². The molecule has 8 nitrogen and oxygen atoms in total. The number of piperazine rings is 1. The minimum atomic E-state index is -0.758. The van der Waals surface area contributed by atoms with Crippen molar-refractivity contribution < 1.29 is 23.9 Å². The highest BCUT2D eigenvalue weighted by atomic mass is 16.5. The van der Waals surface area contributed by atoms with Crippen molar-refractivity contribution in [2.24, 2.45) is 17.8 Å². The van der Waals surface area contributed by atoms with E-state index >= 15 is 0 Å². The Morgan fingerprint density at radius 3 is 2.10 bits per heavy atom. The van der Waals surface area contributed by atoms with E-state index in [0.29, 0.717) is 52.0 Å². The number of fused-ring (bicyclic) bond motifs is 1. The molecule has 1 aliphatic carbocycles. The number of likely N-dealkylation sites (tertiary alicyclic amines) is 1. The van der Waals surface area contributed by atoms with Crippen molar-refractivity contribution in [3.05, 3.63) is 12.2 Å². The maximum Gasteiger partial charge on any atom is 0.251 e. The van der Waals surface area contributed by atoms with Crippen LogP contribution in [0.5, 0.6) is 0 Å². The molecule has 4 atom stereocenters. The van der Waals surface area contributed by atoms with Gasteiger partial charge < -0.3 is 14.5 Å². The standard InChI is InChI=1S/C23H33N3O5/c1-15(2)14-18(26-20(27)16-6-3-4-7-17(16)21(26)28)22(29)24-9-11-25(12-10-24)23(30)19-8-5-13-31-19/h3-4,15-19H,5-14H2,1-2H3. The highest BCUT2D eigenvalue weighted by Gasteiger charge is 2.51. The second-order valence-electron chi connectivity index (χ2n) is 9.50. The zero-order chi connectivity index (χ0) is 22.1. The van der Waals surface area contributed by atoms with Crippen LogP contribution in [0.4, 0.5) is 0 Å². The fourth-order valence-electron chi connectivity index (χ4n) is 5.23. The van der Waals surface area contributed by atoms with Gasteiger partial charge in [-0.05, 0) is 38.0 Å². The van der Waals surface area contributed by atoms with Crippen LogP contribution in [0.25, 0.3) is 0 Å². The number of carbonyl (C=O) groups is 4. The van der Waals surface area contributed by atoms with E-state index in [1.165, 1.54) is 4.90 Å². The second kappa shape index (κ2) is 9.10. The lowest BCUT2D eigenvalue weighted by Crippen LogP contribution is -2.58. The van der Waals surface area contributed by atoms with Crippen molar-refractivity contribution in [3.63, 3.8) is 0 Å². The molecule has 0 saturated carbocycles. The molecule has 31 heavy (non-hydrogen) atoms. The Morgan fingerprint density at radius 1 is 1.00 bits per heavy atom.